The first-order valence-electron chi connectivity index (χ1n) is 12.2. The summed E-state index contributed by atoms with van der Waals surface area (Å²) in [5.41, 5.74) is 4.20. The summed E-state index contributed by atoms with van der Waals surface area (Å²) in [6.07, 6.45) is 4.36. The van der Waals surface area contributed by atoms with Gasteiger partial charge in [0.1, 0.15) is 22.7 Å². The number of benzene rings is 3. The number of aromatic nitrogens is 3. The maximum Gasteiger partial charge on any atom is 0.123 e. The fraction of sp³-hybridized carbons (Fsp3) is 0.290. The molecule has 4 heteroatoms. The number of nitrogens with zero attached hydrogens (tertiary/aromatic N) is 3. The summed E-state index contributed by atoms with van der Waals surface area (Å²) in [6.45, 7) is 10.7. The van der Waals surface area contributed by atoms with E-state index in [1.54, 1.807) is 4.80 Å². The van der Waals surface area contributed by atoms with E-state index in [1.807, 2.05) is 43.3 Å². The molecule has 4 nitrogen and oxygen atoms in total. The molecule has 0 saturated heterocycles. The lowest BCUT2D eigenvalue weighted by molar-refractivity contribution is 0.0356. The van der Waals surface area contributed by atoms with Gasteiger partial charge in [-0.2, -0.15) is 15.0 Å². The summed E-state index contributed by atoms with van der Waals surface area (Å²) in [5, 5.41) is 21.8. The standard InChI is InChI=1S/C31H33N3O/c1-29(2,22-14-8-6-9-15-22)24-20-27(30(3,4)23-16-10-7-11-17-23)31(5,35)28(21-24)34-32-25-18-12-13-19-26(25)33-34/h6-21,28,35H,1-5H3. The molecule has 0 saturated carbocycles. The van der Waals surface area contributed by atoms with Gasteiger partial charge in [-0.1, -0.05) is 113 Å². The summed E-state index contributed by atoms with van der Waals surface area (Å²) in [6, 6.07) is 28.3. The quantitative estimate of drug-likeness (QED) is 0.365. The van der Waals surface area contributed by atoms with E-state index in [4.69, 9.17) is 10.2 Å². The first kappa shape index (κ1) is 23.3. The monoisotopic (exact) mass is 463 g/mol. The van der Waals surface area contributed by atoms with Crippen LogP contribution in [0.1, 0.15) is 51.8 Å². The highest BCUT2D eigenvalue weighted by Crippen LogP contribution is 2.49. The van der Waals surface area contributed by atoms with Crippen LogP contribution < -0.4 is 0 Å². The van der Waals surface area contributed by atoms with Crippen molar-refractivity contribution in [1.82, 2.24) is 15.0 Å². The van der Waals surface area contributed by atoms with Crippen LogP contribution in [-0.4, -0.2) is 25.7 Å². The lowest BCUT2D eigenvalue weighted by Crippen LogP contribution is -2.47. The van der Waals surface area contributed by atoms with Gasteiger partial charge in [0.25, 0.3) is 0 Å². The summed E-state index contributed by atoms with van der Waals surface area (Å²) in [4.78, 5) is 1.69. The third kappa shape index (κ3) is 3.92. The van der Waals surface area contributed by atoms with Crippen molar-refractivity contribution in [2.75, 3.05) is 0 Å². The molecule has 0 bridgehead atoms. The first-order chi connectivity index (χ1) is 16.6. The Labute approximate surface area is 207 Å². The highest BCUT2D eigenvalue weighted by Gasteiger charge is 2.47. The Kier molecular flexibility index (Phi) is 5.52. The largest absolute Gasteiger partial charge is 0.383 e. The zero-order chi connectivity index (χ0) is 24.8. The molecule has 5 rings (SSSR count). The summed E-state index contributed by atoms with van der Waals surface area (Å²) < 4.78 is 0. The van der Waals surface area contributed by atoms with Crippen molar-refractivity contribution >= 4 is 11.0 Å². The lowest BCUT2D eigenvalue weighted by Gasteiger charge is -2.45. The van der Waals surface area contributed by atoms with E-state index >= 15 is 0 Å². The Morgan fingerprint density at radius 3 is 1.69 bits per heavy atom. The molecule has 1 aliphatic rings. The van der Waals surface area contributed by atoms with Crippen LogP contribution in [0.3, 0.4) is 0 Å². The fourth-order valence-corrected chi connectivity index (χ4v) is 5.37. The van der Waals surface area contributed by atoms with Crippen molar-refractivity contribution in [3.63, 3.8) is 0 Å². The van der Waals surface area contributed by atoms with Crippen LogP contribution in [0.5, 0.6) is 0 Å². The van der Waals surface area contributed by atoms with E-state index in [0.29, 0.717) is 0 Å². The van der Waals surface area contributed by atoms with Crippen molar-refractivity contribution < 1.29 is 5.11 Å². The maximum absolute atomic E-state index is 12.2. The molecule has 0 amide bonds. The second kappa shape index (κ2) is 8.31. The van der Waals surface area contributed by atoms with Crippen molar-refractivity contribution in [1.29, 1.82) is 0 Å². The predicted molar refractivity (Wildman–Crippen MR) is 142 cm³/mol. The van der Waals surface area contributed by atoms with Crippen molar-refractivity contribution in [3.8, 4) is 0 Å². The van der Waals surface area contributed by atoms with Gasteiger partial charge >= 0.3 is 0 Å². The number of aliphatic hydroxyl groups is 1. The van der Waals surface area contributed by atoms with Crippen molar-refractivity contribution in [3.05, 3.63) is 119 Å². The molecule has 3 aromatic carbocycles. The van der Waals surface area contributed by atoms with Gasteiger partial charge in [0, 0.05) is 10.8 Å². The van der Waals surface area contributed by atoms with Gasteiger partial charge in [-0.15, -0.1) is 0 Å². The number of rotatable bonds is 5. The summed E-state index contributed by atoms with van der Waals surface area (Å²) in [5.74, 6) is 0. The smallest absolute Gasteiger partial charge is 0.123 e. The van der Waals surface area contributed by atoms with Gasteiger partial charge in [0.2, 0.25) is 0 Å². The Hall–Kier alpha value is -3.50. The molecule has 1 aliphatic carbocycles. The van der Waals surface area contributed by atoms with E-state index in [9.17, 15) is 5.11 Å². The Morgan fingerprint density at radius 1 is 0.714 bits per heavy atom. The van der Waals surface area contributed by atoms with Crippen LogP contribution in [0.15, 0.2) is 108 Å². The second-order valence-corrected chi connectivity index (χ2v) is 10.8. The van der Waals surface area contributed by atoms with Crippen LogP contribution in [0.25, 0.3) is 11.0 Å². The molecule has 35 heavy (non-hydrogen) atoms. The molecule has 1 heterocycles. The Bertz CT molecular complexity index is 1380. The summed E-state index contributed by atoms with van der Waals surface area (Å²) >= 11 is 0. The molecular weight excluding hydrogens is 430 g/mol. The van der Waals surface area contributed by atoms with E-state index in [1.165, 1.54) is 5.56 Å². The molecule has 4 aromatic rings. The lowest BCUT2D eigenvalue weighted by atomic mass is 9.63. The molecule has 1 N–H and O–H groups in total. The van der Waals surface area contributed by atoms with Crippen molar-refractivity contribution in [2.45, 2.75) is 57.1 Å². The van der Waals surface area contributed by atoms with E-state index < -0.39 is 17.1 Å². The SMILES string of the molecule is CC(C)(C1=CC(n2nc3ccccc3n2)C(C)(O)C(C(C)(C)c2ccccc2)=C1)c1ccccc1. The van der Waals surface area contributed by atoms with Gasteiger partial charge in [0.05, 0.1) is 0 Å². The third-order valence-corrected chi connectivity index (χ3v) is 7.70. The molecule has 1 aromatic heterocycles. The molecule has 0 radical (unpaired) electrons. The highest BCUT2D eigenvalue weighted by atomic mass is 16.3. The number of hydrogen-bond donors (Lipinski definition) is 1. The van der Waals surface area contributed by atoms with Crippen LogP contribution in [0.2, 0.25) is 0 Å². The normalized spacial score (nSPS) is 21.0. The molecule has 2 atom stereocenters. The molecular formula is C31H33N3O. The second-order valence-electron chi connectivity index (χ2n) is 10.8. The van der Waals surface area contributed by atoms with Crippen molar-refractivity contribution in [2.24, 2.45) is 0 Å². The average molecular weight is 464 g/mol. The summed E-state index contributed by atoms with van der Waals surface area (Å²) in [7, 11) is 0. The van der Waals surface area contributed by atoms with Gasteiger partial charge in [0.15, 0.2) is 0 Å². The molecule has 0 spiro atoms. The minimum Gasteiger partial charge on any atom is -0.383 e. The molecule has 2 unspecified atom stereocenters. The van der Waals surface area contributed by atoms with Crippen LogP contribution in [0, 0.1) is 0 Å². The molecule has 178 valence electrons. The average Bonchev–Trinajstić information content (AvgIpc) is 3.28. The Morgan fingerprint density at radius 2 is 1.17 bits per heavy atom. The van der Waals surface area contributed by atoms with E-state index in [-0.39, 0.29) is 5.41 Å². The van der Waals surface area contributed by atoms with Gasteiger partial charge in [-0.25, -0.2) is 0 Å². The van der Waals surface area contributed by atoms with Gasteiger partial charge in [-0.3, -0.25) is 0 Å². The maximum atomic E-state index is 12.2. The van der Waals surface area contributed by atoms with Gasteiger partial charge < -0.3 is 5.11 Å². The zero-order valence-corrected chi connectivity index (χ0v) is 21.1. The first-order valence-corrected chi connectivity index (χ1v) is 12.2. The van der Waals surface area contributed by atoms with Crippen LogP contribution >= 0.6 is 0 Å². The molecule has 0 fully saturated rings. The number of allylic oxidation sites excluding steroid dienone is 2. The van der Waals surface area contributed by atoms with Crippen LogP contribution in [0.4, 0.5) is 0 Å². The minimum absolute atomic E-state index is 0.277. The highest BCUT2D eigenvalue weighted by molar-refractivity contribution is 5.73. The zero-order valence-electron chi connectivity index (χ0n) is 21.1. The Balaban J connectivity index is 1.72. The topological polar surface area (TPSA) is 50.9 Å². The van der Waals surface area contributed by atoms with Crippen LogP contribution in [-0.2, 0) is 10.8 Å². The van der Waals surface area contributed by atoms with E-state index in [2.05, 4.69) is 88.4 Å². The predicted octanol–water partition coefficient (Wildman–Crippen LogP) is 6.55. The third-order valence-electron chi connectivity index (χ3n) is 7.70. The molecule has 0 aliphatic heterocycles. The van der Waals surface area contributed by atoms with E-state index in [0.717, 1.165) is 27.7 Å². The fourth-order valence-electron chi connectivity index (χ4n) is 5.37. The minimum atomic E-state index is -1.20. The number of fused-ring (bicyclic) bond motifs is 1. The van der Waals surface area contributed by atoms with Gasteiger partial charge in [-0.05, 0) is 41.3 Å². The number of hydrogen-bond acceptors (Lipinski definition) is 3.